The SMILES string of the molecule is O=C(c1ccn(C2CCCNC2)n1)N(Cc1ccc([N+](=O)[O-])cc1)C1CC1. The van der Waals surface area contributed by atoms with Gasteiger partial charge in [-0.15, -0.1) is 0 Å². The molecule has 1 aliphatic carbocycles. The zero-order valence-corrected chi connectivity index (χ0v) is 15.1. The van der Waals surface area contributed by atoms with E-state index in [1.165, 1.54) is 12.1 Å². The van der Waals surface area contributed by atoms with Gasteiger partial charge < -0.3 is 10.2 Å². The summed E-state index contributed by atoms with van der Waals surface area (Å²) in [5.74, 6) is -0.0710. The van der Waals surface area contributed by atoms with Crippen LogP contribution in [0.25, 0.3) is 0 Å². The average Bonchev–Trinajstić information content (AvgIpc) is 3.42. The fraction of sp³-hybridized carbons (Fsp3) is 0.474. The average molecular weight is 369 g/mol. The van der Waals surface area contributed by atoms with Crippen molar-refractivity contribution >= 4 is 11.6 Å². The van der Waals surface area contributed by atoms with Crippen molar-refractivity contribution in [3.8, 4) is 0 Å². The Morgan fingerprint density at radius 3 is 2.67 bits per heavy atom. The number of non-ortho nitro benzene ring substituents is 1. The topological polar surface area (TPSA) is 93.3 Å². The second kappa shape index (κ2) is 7.48. The van der Waals surface area contributed by atoms with Crippen molar-refractivity contribution in [2.24, 2.45) is 0 Å². The molecule has 2 fully saturated rings. The van der Waals surface area contributed by atoms with Crippen LogP contribution in [0.1, 0.15) is 47.8 Å². The number of hydrogen-bond acceptors (Lipinski definition) is 5. The summed E-state index contributed by atoms with van der Waals surface area (Å²) in [5, 5.41) is 18.7. The normalized spacial score (nSPS) is 19.6. The van der Waals surface area contributed by atoms with Crippen LogP contribution in [0.2, 0.25) is 0 Å². The molecule has 0 spiro atoms. The first-order chi connectivity index (χ1) is 13.1. The molecule has 1 aliphatic heterocycles. The van der Waals surface area contributed by atoms with Crippen molar-refractivity contribution in [3.63, 3.8) is 0 Å². The van der Waals surface area contributed by atoms with E-state index < -0.39 is 4.92 Å². The van der Waals surface area contributed by atoms with Crippen LogP contribution in [0, 0.1) is 10.1 Å². The molecule has 1 aromatic carbocycles. The molecule has 1 amide bonds. The highest BCUT2D eigenvalue weighted by Gasteiger charge is 2.34. The van der Waals surface area contributed by atoms with E-state index in [2.05, 4.69) is 10.4 Å². The summed E-state index contributed by atoms with van der Waals surface area (Å²) in [4.78, 5) is 25.3. The highest BCUT2D eigenvalue weighted by molar-refractivity contribution is 5.92. The molecule has 4 rings (SSSR count). The predicted molar refractivity (Wildman–Crippen MR) is 99.4 cm³/mol. The molecule has 8 nitrogen and oxygen atoms in total. The molecule has 1 saturated heterocycles. The minimum atomic E-state index is -0.416. The van der Waals surface area contributed by atoms with Gasteiger partial charge in [-0.2, -0.15) is 5.10 Å². The third-order valence-corrected chi connectivity index (χ3v) is 5.22. The zero-order valence-electron chi connectivity index (χ0n) is 15.1. The third kappa shape index (κ3) is 4.00. The van der Waals surface area contributed by atoms with Crippen LogP contribution in [0.4, 0.5) is 5.69 Å². The molecule has 1 saturated carbocycles. The second-order valence-corrected chi connectivity index (χ2v) is 7.27. The first-order valence-electron chi connectivity index (χ1n) is 9.42. The summed E-state index contributed by atoms with van der Waals surface area (Å²) < 4.78 is 1.90. The van der Waals surface area contributed by atoms with Crippen molar-refractivity contribution in [1.29, 1.82) is 0 Å². The standard InChI is InChI=1S/C19H23N5O3/c25-19(18-9-11-23(21-18)17-2-1-10-20-12-17)22(15-7-8-15)13-14-3-5-16(6-4-14)24(26)27/h3-6,9,11,15,17,20H,1-2,7-8,10,12-13H2. The van der Waals surface area contributed by atoms with Crippen LogP contribution in [-0.4, -0.2) is 44.6 Å². The highest BCUT2D eigenvalue weighted by Crippen LogP contribution is 2.30. The van der Waals surface area contributed by atoms with E-state index in [1.54, 1.807) is 18.2 Å². The Balaban J connectivity index is 1.48. The summed E-state index contributed by atoms with van der Waals surface area (Å²) in [5.41, 5.74) is 1.41. The molecule has 27 heavy (non-hydrogen) atoms. The van der Waals surface area contributed by atoms with E-state index in [1.807, 2.05) is 15.8 Å². The number of nitrogens with zero attached hydrogens (tertiary/aromatic N) is 4. The molecule has 2 aliphatic rings. The van der Waals surface area contributed by atoms with Crippen LogP contribution < -0.4 is 5.32 Å². The molecular weight excluding hydrogens is 346 g/mol. The lowest BCUT2D eigenvalue weighted by atomic mass is 10.1. The first-order valence-corrected chi connectivity index (χ1v) is 9.42. The summed E-state index contributed by atoms with van der Waals surface area (Å²) in [6.45, 7) is 2.36. The minimum Gasteiger partial charge on any atom is -0.330 e. The molecule has 1 N–H and O–H groups in total. The largest absolute Gasteiger partial charge is 0.330 e. The van der Waals surface area contributed by atoms with E-state index in [0.29, 0.717) is 18.3 Å². The van der Waals surface area contributed by atoms with Crippen molar-refractivity contribution in [1.82, 2.24) is 20.0 Å². The molecule has 1 unspecified atom stereocenters. The maximum Gasteiger partial charge on any atom is 0.274 e. The molecule has 0 radical (unpaired) electrons. The third-order valence-electron chi connectivity index (χ3n) is 5.22. The number of hydrogen-bond donors (Lipinski definition) is 1. The van der Waals surface area contributed by atoms with Crippen LogP contribution in [0.5, 0.6) is 0 Å². The number of amides is 1. The number of rotatable bonds is 6. The molecule has 1 atom stereocenters. The van der Waals surface area contributed by atoms with Crippen LogP contribution in [0.3, 0.4) is 0 Å². The Labute approximate surface area is 157 Å². The molecule has 142 valence electrons. The van der Waals surface area contributed by atoms with E-state index in [0.717, 1.165) is 44.3 Å². The molecule has 0 bridgehead atoms. The van der Waals surface area contributed by atoms with Gasteiger partial charge in [0.25, 0.3) is 11.6 Å². The number of aromatic nitrogens is 2. The number of nitro benzene ring substituents is 1. The number of piperidine rings is 1. The maximum atomic E-state index is 13.0. The van der Waals surface area contributed by atoms with Gasteiger partial charge in [-0.1, -0.05) is 12.1 Å². The lowest BCUT2D eigenvalue weighted by molar-refractivity contribution is -0.384. The Hall–Kier alpha value is -2.74. The number of carbonyl (C=O) groups excluding carboxylic acids is 1. The van der Waals surface area contributed by atoms with Crippen LogP contribution in [0.15, 0.2) is 36.5 Å². The molecular formula is C19H23N5O3. The summed E-state index contributed by atoms with van der Waals surface area (Å²) in [6, 6.07) is 8.71. The molecule has 1 aromatic heterocycles. The molecule has 2 aromatic rings. The van der Waals surface area contributed by atoms with Crippen molar-refractivity contribution < 1.29 is 9.72 Å². The van der Waals surface area contributed by atoms with E-state index >= 15 is 0 Å². The summed E-state index contributed by atoms with van der Waals surface area (Å²) >= 11 is 0. The number of nitro groups is 1. The van der Waals surface area contributed by atoms with Gasteiger partial charge in [-0.05, 0) is 43.9 Å². The predicted octanol–water partition coefficient (Wildman–Crippen LogP) is 2.52. The zero-order chi connectivity index (χ0) is 18.8. The molecule has 8 heteroatoms. The van der Waals surface area contributed by atoms with Gasteiger partial charge in [-0.25, -0.2) is 0 Å². The van der Waals surface area contributed by atoms with E-state index in [4.69, 9.17) is 0 Å². The number of benzene rings is 1. The van der Waals surface area contributed by atoms with E-state index in [9.17, 15) is 14.9 Å². The van der Waals surface area contributed by atoms with Gasteiger partial charge >= 0.3 is 0 Å². The molecule has 2 heterocycles. The van der Waals surface area contributed by atoms with Gasteiger partial charge in [0.15, 0.2) is 0 Å². The Morgan fingerprint density at radius 1 is 1.26 bits per heavy atom. The van der Waals surface area contributed by atoms with Crippen molar-refractivity contribution in [2.75, 3.05) is 13.1 Å². The monoisotopic (exact) mass is 369 g/mol. The quantitative estimate of drug-likeness (QED) is 0.624. The number of carbonyl (C=O) groups is 1. The van der Waals surface area contributed by atoms with Gasteiger partial charge in [-0.3, -0.25) is 19.6 Å². The van der Waals surface area contributed by atoms with E-state index in [-0.39, 0.29) is 17.6 Å². The summed E-state index contributed by atoms with van der Waals surface area (Å²) in [7, 11) is 0. The highest BCUT2D eigenvalue weighted by atomic mass is 16.6. The fourth-order valence-electron chi connectivity index (χ4n) is 3.53. The second-order valence-electron chi connectivity index (χ2n) is 7.27. The van der Waals surface area contributed by atoms with Gasteiger partial charge in [0, 0.05) is 37.5 Å². The van der Waals surface area contributed by atoms with Crippen molar-refractivity contribution in [3.05, 3.63) is 57.9 Å². The lowest BCUT2D eigenvalue weighted by Crippen LogP contribution is -2.34. The summed E-state index contributed by atoms with van der Waals surface area (Å²) in [6.07, 6.45) is 6.05. The Morgan fingerprint density at radius 2 is 2.04 bits per heavy atom. The Bertz CT molecular complexity index is 822. The van der Waals surface area contributed by atoms with Gasteiger partial charge in [0.05, 0.1) is 11.0 Å². The first kappa shape index (κ1) is 17.7. The minimum absolute atomic E-state index is 0.0582. The van der Waals surface area contributed by atoms with Gasteiger partial charge in [0.1, 0.15) is 5.69 Å². The Kier molecular flexibility index (Phi) is 4.89. The van der Waals surface area contributed by atoms with Gasteiger partial charge in [0.2, 0.25) is 0 Å². The fourth-order valence-corrected chi connectivity index (χ4v) is 3.53. The smallest absolute Gasteiger partial charge is 0.274 e. The maximum absolute atomic E-state index is 13.0. The lowest BCUT2D eigenvalue weighted by Gasteiger charge is -2.23. The van der Waals surface area contributed by atoms with Crippen molar-refractivity contribution in [2.45, 2.75) is 44.3 Å². The van der Waals surface area contributed by atoms with Crippen LogP contribution in [-0.2, 0) is 6.54 Å². The number of nitrogens with one attached hydrogen (secondary N) is 1. The van der Waals surface area contributed by atoms with Crippen LogP contribution >= 0.6 is 0 Å².